The summed E-state index contributed by atoms with van der Waals surface area (Å²) in [6.07, 6.45) is 5.37. The maximum atomic E-state index is 6.21. The molecule has 4 nitrogen and oxygen atoms in total. The number of para-hydroxylation sites is 1. The van der Waals surface area contributed by atoms with Crippen LogP contribution in [0.2, 0.25) is 0 Å². The van der Waals surface area contributed by atoms with Crippen LogP contribution in [0.15, 0.2) is 59.5 Å². The first-order valence-corrected chi connectivity index (χ1v) is 6.15. The molecule has 19 heavy (non-hydrogen) atoms. The molecule has 1 unspecified atom stereocenters. The first-order chi connectivity index (χ1) is 9.25. The molecule has 3 aromatic rings. The van der Waals surface area contributed by atoms with Crippen LogP contribution in [0, 0.1) is 6.92 Å². The van der Waals surface area contributed by atoms with Crippen molar-refractivity contribution < 1.29 is 4.42 Å². The molecule has 2 aromatic heterocycles. The number of rotatable bonds is 3. The molecule has 0 aliphatic heterocycles. The van der Waals surface area contributed by atoms with Crippen LogP contribution >= 0.6 is 0 Å². The van der Waals surface area contributed by atoms with Gasteiger partial charge in [-0.25, -0.2) is 4.68 Å². The molecule has 1 atom stereocenters. The Morgan fingerprint density at radius 3 is 2.68 bits per heavy atom. The highest BCUT2D eigenvalue weighted by Gasteiger charge is 2.16. The summed E-state index contributed by atoms with van der Waals surface area (Å²) < 4.78 is 7.25. The highest BCUT2D eigenvalue weighted by atomic mass is 16.3. The summed E-state index contributed by atoms with van der Waals surface area (Å²) in [5, 5.41) is 4.34. The average molecular weight is 253 g/mol. The molecule has 96 valence electrons. The van der Waals surface area contributed by atoms with Gasteiger partial charge in [0.05, 0.1) is 24.2 Å². The lowest BCUT2D eigenvalue weighted by molar-refractivity contribution is 0.487. The second kappa shape index (κ2) is 4.74. The van der Waals surface area contributed by atoms with Crippen LogP contribution in [0.25, 0.3) is 5.69 Å². The standard InChI is InChI=1S/C15H15N3O/c1-11-7-8-19-15(11)14(16)12-9-17-18(10-12)13-5-3-2-4-6-13/h2-10,14H,16H2,1H3. The van der Waals surface area contributed by atoms with E-state index in [1.807, 2.05) is 54.2 Å². The van der Waals surface area contributed by atoms with Gasteiger partial charge in [0.15, 0.2) is 0 Å². The van der Waals surface area contributed by atoms with Crippen molar-refractivity contribution in [1.29, 1.82) is 0 Å². The normalized spacial score (nSPS) is 12.5. The Balaban J connectivity index is 1.92. The van der Waals surface area contributed by atoms with Crippen LogP contribution in [0.1, 0.15) is 22.9 Å². The summed E-state index contributed by atoms with van der Waals surface area (Å²) in [6, 6.07) is 11.6. The van der Waals surface area contributed by atoms with Gasteiger partial charge in [-0.15, -0.1) is 0 Å². The maximum Gasteiger partial charge on any atom is 0.128 e. The fourth-order valence-corrected chi connectivity index (χ4v) is 2.07. The van der Waals surface area contributed by atoms with E-state index in [0.717, 1.165) is 22.6 Å². The Morgan fingerprint density at radius 1 is 1.21 bits per heavy atom. The van der Waals surface area contributed by atoms with Crippen molar-refractivity contribution in [2.45, 2.75) is 13.0 Å². The second-order valence-corrected chi connectivity index (χ2v) is 4.50. The lowest BCUT2D eigenvalue weighted by Crippen LogP contribution is -2.11. The van der Waals surface area contributed by atoms with E-state index in [0.29, 0.717) is 0 Å². The predicted octanol–water partition coefficient (Wildman–Crippen LogP) is 2.82. The zero-order chi connectivity index (χ0) is 13.2. The van der Waals surface area contributed by atoms with Crippen LogP contribution in [-0.2, 0) is 0 Å². The van der Waals surface area contributed by atoms with Crippen molar-refractivity contribution >= 4 is 0 Å². The third-order valence-electron chi connectivity index (χ3n) is 3.17. The van der Waals surface area contributed by atoms with Crippen molar-refractivity contribution in [3.05, 3.63) is 71.9 Å². The molecule has 2 N–H and O–H groups in total. The predicted molar refractivity (Wildman–Crippen MR) is 73.0 cm³/mol. The van der Waals surface area contributed by atoms with E-state index in [1.54, 1.807) is 12.5 Å². The lowest BCUT2D eigenvalue weighted by atomic mass is 10.1. The van der Waals surface area contributed by atoms with E-state index in [2.05, 4.69) is 5.10 Å². The maximum absolute atomic E-state index is 6.21. The Bertz CT molecular complexity index is 670. The minimum Gasteiger partial charge on any atom is -0.467 e. The van der Waals surface area contributed by atoms with Crippen LogP contribution < -0.4 is 5.73 Å². The van der Waals surface area contributed by atoms with E-state index in [1.165, 1.54) is 0 Å². The number of aryl methyl sites for hydroxylation is 1. The minimum atomic E-state index is -0.285. The van der Waals surface area contributed by atoms with Gasteiger partial charge in [0.1, 0.15) is 5.76 Å². The number of nitrogens with two attached hydrogens (primary N) is 1. The van der Waals surface area contributed by atoms with Gasteiger partial charge in [-0.3, -0.25) is 0 Å². The number of benzene rings is 1. The summed E-state index contributed by atoms with van der Waals surface area (Å²) in [5.74, 6) is 0.785. The smallest absolute Gasteiger partial charge is 0.128 e. The van der Waals surface area contributed by atoms with E-state index < -0.39 is 0 Å². The molecule has 0 spiro atoms. The first kappa shape index (κ1) is 11.7. The van der Waals surface area contributed by atoms with Gasteiger partial charge in [-0.05, 0) is 30.7 Å². The molecule has 0 fully saturated rings. The number of hydrogen-bond donors (Lipinski definition) is 1. The van der Waals surface area contributed by atoms with E-state index in [4.69, 9.17) is 10.2 Å². The van der Waals surface area contributed by atoms with Gasteiger partial charge in [0.2, 0.25) is 0 Å². The Hall–Kier alpha value is -2.33. The summed E-state index contributed by atoms with van der Waals surface area (Å²) in [4.78, 5) is 0. The van der Waals surface area contributed by atoms with Gasteiger partial charge >= 0.3 is 0 Å². The number of hydrogen-bond acceptors (Lipinski definition) is 3. The van der Waals surface area contributed by atoms with Crippen LogP contribution in [0.3, 0.4) is 0 Å². The molecule has 4 heteroatoms. The van der Waals surface area contributed by atoms with Crippen molar-refractivity contribution in [3.8, 4) is 5.69 Å². The van der Waals surface area contributed by atoms with Gasteiger partial charge in [-0.1, -0.05) is 18.2 Å². The lowest BCUT2D eigenvalue weighted by Gasteiger charge is -2.07. The Labute approximate surface area is 111 Å². The highest BCUT2D eigenvalue weighted by molar-refractivity contribution is 5.33. The Kier molecular flexibility index (Phi) is 2.93. The molecule has 3 rings (SSSR count). The van der Waals surface area contributed by atoms with E-state index in [9.17, 15) is 0 Å². The summed E-state index contributed by atoms with van der Waals surface area (Å²) in [6.45, 7) is 1.99. The van der Waals surface area contributed by atoms with E-state index >= 15 is 0 Å². The largest absolute Gasteiger partial charge is 0.467 e. The fourth-order valence-electron chi connectivity index (χ4n) is 2.07. The van der Waals surface area contributed by atoms with E-state index in [-0.39, 0.29) is 6.04 Å². The van der Waals surface area contributed by atoms with Crippen LogP contribution in [0.5, 0.6) is 0 Å². The molecule has 0 aliphatic carbocycles. The average Bonchev–Trinajstić information content (AvgIpc) is 3.08. The zero-order valence-electron chi connectivity index (χ0n) is 10.7. The molecule has 0 aliphatic rings. The van der Waals surface area contributed by atoms with Gasteiger partial charge < -0.3 is 10.2 Å². The molecular formula is C15H15N3O. The van der Waals surface area contributed by atoms with Gasteiger partial charge in [0, 0.05) is 11.8 Å². The van der Waals surface area contributed by atoms with Crippen molar-refractivity contribution in [1.82, 2.24) is 9.78 Å². The quantitative estimate of drug-likeness (QED) is 0.780. The third-order valence-corrected chi connectivity index (χ3v) is 3.17. The summed E-state index contributed by atoms with van der Waals surface area (Å²) in [7, 11) is 0. The number of aromatic nitrogens is 2. The molecule has 0 saturated heterocycles. The SMILES string of the molecule is Cc1ccoc1C(N)c1cnn(-c2ccccc2)c1. The first-order valence-electron chi connectivity index (χ1n) is 6.15. The monoisotopic (exact) mass is 253 g/mol. The molecule has 0 saturated carbocycles. The van der Waals surface area contributed by atoms with Gasteiger partial charge in [0.25, 0.3) is 0 Å². The molecule has 0 radical (unpaired) electrons. The number of furan rings is 1. The van der Waals surface area contributed by atoms with Gasteiger partial charge in [-0.2, -0.15) is 5.10 Å². The highest BCUT2D eigenvalue weighted by Crippen LogP contribution is 2.23. The molecule has 1 aromatic carbocycles. The summed E-state index contributed by atoms with van der Waals surface area (Å²) in [5.41, 5.74) is 9.20. The molecular weight excluding hydrogens is 238 g/mol. The zero-order valence-corrected chi connectivity index (χ0v) is 10.7. The molecule has 0 amide bonds. The Morgan fingerprint density at radius 2 is 2.00 bits per heavy atom. The summed E-state index contributed by atoms with van der Waals surface area (Å²) >= 11 is 0. The molecule has 2 heterocycles. The topological polar surface area (TPSA) is 57.0 Å². The van der Waals surface area contributed by atoms with Crippen molar-refractivity contribution in [2.75, 3.05) is 0 Å². The van der Waals surface area contributed by atoms with Crippen molar-refractivity contribution in [3.63, 3.8) is 0 Å². The van der Waals surface area contributed by atoms with Crippen molar-refractivity contribution in [2.24, 2.45) is 5.73 Å². The second-order valence-electron chi connectivity index (χ2n) is 4.50. The third kappa shape index (κ3) is 2.18. The van der Waals surface area contributed by atoms with Crippen LogP contribution in [-0.4, -0.2) is 9.78 Å². The minimum absolute atomic E-state index is 0.285. The fraction of sp³-hybridized carbons (Fsp3) is 0.133. The van der Waals surface area contributed by atoms with Crippen LogP contribution in [0.4, 0.5) is 0 Å². The number of nitrogens with zero attached hydrogens (tertiary/aromatic N) is 2. The molecule has 0 bridgehead atoms.